The number of aromatic nitrogens is 2. The first-order valence-electron chi connectivity index (χ1n) is 8.62. The maximum Gasteiger partial charge on any atom is 0.312 e. The molecule has 0 radical (unpaired) electrons. The van der Waals surface area contributed by atoms with Crippen molar-refractivity contribution >= 4 is 11.8 Å². The Hall–Kier alpha value is -2.87. The zero-order valence-electron chi connectivity index (χ0n) is 14.5. The van der Waals surface area contributed by atoms with Crippen LogP contribution in [-0.4, -0.2) is 40.8 Å². The molecule has 0 bridgehead atoms. The molecule has 0 aliphatic carbocycles. The van der Waals surface area contributed by atoms with Gasteiger partial charge in [-0.3, -0.25) is 0 Å². The van der Waals surface area contributed by atoms with Crippen LogP contribution >= 0.6 is 0 Å². The number of amides is 2. The van der Waals surface area contributed by atoms with E-state index in [1.165, 1.54) is 6.33 Å². The number of benzene rings is 1. The summed E-state index contributed by atoms with van der Waals surface area (Å²) in [6, 6.07) is 8.60. The van der Waals surface area contributed by atoms with E-state index in [2.05, 4.69) is 20.2 Å². The third-order valence-electron chi connectivity index (χ3n) is 4.46. The number of aliphatic hydroxyl groups is 1. The zero-order valence-corrected chi connectivity index (χ0v) is 14.5. The van der Waals surface area contributed by atoms with E-state index >= 15 is 0 Å². The number of nitrogens with one attached hydrogen (secondary N) is 1. The van der Waals surface area contributed by atoms with Crippen LogP contribution in [0.3, 0.4) is 0 Å². The molecular formula is C18H23N5O3. The summed E-state index contributed by atoms with van der Waals surface area (Å²) in [5, 5.41) is 11.8. The predicted octanol–water partition coefficient (Wildman–Crippen LogP) is 1.65. The highest BCUT2D eigenvalue weighted by Crippen LogP contribution is 2.27. The van der Waals surface area contributed by atoms with Crippen molar-refractivity contribution in [1.82, 2.24) is 15.3 Å². The number of hydrogen-bond donors (Lipinski definition) is 3. The summed E-state index contributed by atoms with van der Waals surface area (Å²) < 4.78 is 5.91. The minimum absolute atomic E-state index is 0.238. The Morgan fingerprint density at radius 3 is 2.81 bits per heavy atom. The van der Waals surface area contributed by atoms with Gasteiger partial charge in [0.15, 0.2) is 0 Å². The Kier molecular flexibility index (Phi) is 5.85. The molecule has 0 saturated carbocycles. The largest absolute Gasteiger partial charge is 0.438 e. The van der Waals surface area contributed by atoms with Gasteiger partial charge >= 0.3 is 6.03 Å². The van der Waals surface area contributed by atoms with Crippen LogP contribution in [0.2, 0.25) is 0 Å². The minimum Gasteiger partial charge on any atom is -0.438 e. The number of ether oxygens (including phenoxy) is 1. The molecule has 0 spiro atoms. The summed E-state index contributed by atoms with van der Waals surface area (Å²) in [6.07, 6.45) is 3.36. The lowest BCUT2D eigenvalue weighted by Gasteiger charge is -2.31. The van der Waals surface area contributed by atoms with Gasteiger partial charge in [-0.2, -0.15) is 0 Å². The van der Waals surface area contributed by atoms with Gasteiger partial charge in [0.05, 0.1) is 0 Å². The fourth-order valence-corrected chi connectivity index (χ4v) is 2.95. The zero-order chi connectivity index (χ0) is 18.4. The second-order valence-corrected chi connectivity index (χ2v) is 6.26. The van der Waals surface area contributed by atoms with Gasteiger partial charge < -0.3 is 25.8 Å². The molecule has 1 saturated heterocycles. The lowest BCUT2D eigenvalue weighted by molar-refractivity contribution is 0.202. The number of hydrogen-bond acceptors (Lipinski definition) is 6. The number of nitrogens with zero attached hydrogens (tertiary/aromatic N) is 3. The molecule has 2 heterocycles. The molecule has 0 unspecified atom stereocenters. The van der Waals surface area contributed by atoms with E-state index in [1.54, 1.807) is 6.07 Å². The third-order valence-corrected chi connectivity index (χ3v) is 4.46. The molecule has 2 aromatic rings. The number of para-hydroxylation sites is 1. The lowest BCUT2D eigenvalue weighted by Crippen LogP contribution is -2.35. The Balaban J connectivity index is 1.70. The molecule has 3 rings (SSSR count). The molecule has 1 aliphatic heterocycles. The average molecular weight is 357 g/mol. The summed E-state index contributed by atoms with van der Waals surface area (Å²) >= 11 is 0. The Bertz CT molecular complexity index is 747. The molecule has 4 N–H and O–H groups in total. The molecule has 26 heavy (non-hydrogen) atoms. The van der Waals surface area contributed by atoms with Crippen molar-refractivity contribution in [3.05, 3.63) is 42.2 Å². The summed E-state index contributed by atoms with van der Waals surface area (Å²) in [7, 11) is 0. The Morgan fingerprint density at radius 1 is 1.31 bits per heavy atom. The normalized spacial score (nSPS) is 14.9. The molecule has 1 aliphatic rings. The number of piperidine rings is 1. The van der Waals surface area contributed by atoms with Crippen LogP contribution < -0.4 is 20.7 Å². The highest BCUT2D eigenvalue weighted by Gasteiger charge is 2.20. The van der Waals surface area contributed by atoms with Gasteiger partial charge in [-0.05, 0) is 24.8 Å². The van der Waals surface area contributed by atoms with Crippen molar-refractivity contribution in [1.29, 1.82) is 0 Å². The summed E-state index contributed by atoms with van der Waals surface area (Å²) in [5.74, 6) is 2.21. The summed E-state index contributed by atoms with van der Waals surface area (Å²) in [5.41, 5.74) is 5.93. The van der Waals surface area contributed by atoms with Gasteiger partial charge in [-0.15, -0.1) is 0 Å². The summed E-state index contributed by atoms with van der Waals surface area (Å²) in [6.45, 7) is 2.21. The average Bonchev–Trinajstić information content (AvgIpc) is 2.67. The smallest absolute Gasteiger partial charge is 0.312 e. The van der Waals surface area contributed by atoms with Gasteiger partial charge in [0, 0.05) is 37.9 Å². The topological polar surface area (TPSA) is 114 Å². The third kappa shape index (κ3) is 4.60. The molecule has 8 heteroatoms. The number of nitrogens with two attached hydrogens (primary N) is 1. The fourth-order valence-electron chi connectivity index (χ4n) is 2.95. The predicted molar refractivity (Wildman–Crippen MR) is 97.0 cm³/mol. The quantitative estimate of drug-likeness (QED) is 0.724. The second kappa shape index (κ2) is 8.48. The van der Waals surface area contributed by atoms with E-state index < -0.39 is 6.03 Å². The van der Waals surface area contributed by atoms with E-state index in [0.29, 0.717) is 17.5 Å². The number of anilines is 1. The molecule has 2 amide bonds. The minimum atomic E-state index is -0.588. The number of carbonyl (C=O) groups is 1. The van der Waals surface area contributed by atoms with Crippen molar-refractivity contribution in [2.45, 2.75) is 19.4 Å². The second-order valence-electron chi connectivity index (χ2n) is 6.26. The van der Waals surface area contributed by atoms with Gasteiger partial charge in [-0.1, -0.05) is 18.2 Å². The first-order chi connectivity index (χ1) is 12.7. The van der Waals surface area contributed by atoms with E-state index in [0.717, 1.165) is 37.3 Å². The number of rotatable bonds is 6. The van der Waals surface area contributed by atoms with Crippen molar-refractivity contribution in [3.8, 4) is 11.6 Å². The molecule has 1 fully saturated rings. The van der Waals surface area contributed by atoms with Crippen LogP contribution in [0.5, 0.6) is 11.6 Å². The first-order valence-corrected chi connectivity index (χ1v) is 8.62. The fraction of sp³-hybridized carbons (Fsp3) is 0.389. The van der Waals surface area contributed by atoms with Crippen molar-refractivity contribution in [2.75, 3.05) is 24.6 Å². The van der Waals surface area contributed by atoms with Gasteiger partial charge in [0.2, 0.25) is 5.88 Å². The first kappa shape index (κ1) is 17.9. The van der Waals surface area contributed by atoms with Crippen molar-refractivity contribution in [3.63, 3.8) is 0 Å². The monoisotopic (exact) mass is 357 g/mol. The SMILES string of the molecule is NC(=O)NCc1ccccc1Oc1cc(N2CCC(CO)CC2)ncn1. The van der Waals surface area contributed by atoms with Gasteiger partial charge in [0.1, 0.15) is 17.9 Å². The number of aliphatic hydroxyl groups excluding tert-OH is 1. The molecular weight excluding hydrogens is 334 g/mol. The number of urea groups is 1. The van der Waals surface area contributed by atoms with E-state index in [1.807, 2.05) is 24.3 Å². The maximum atomic E-state index is 10.9. The van der Waals surface area contributed by atoms with E-state index in [9.17, 15) is 9.90 Å². The van der Waals surface area contributed by atoms with Crippen LogP contribution in [0.25, 0.3) is 0 Å². The highest BCUT2D eigenvalue weighted by atomic mass is 16.5. The maximum absolute atomic E-state index is 10.9. The van der Waals surface area contributed by atoms with E-state index in [-0.39, 0.29) is 13.2 Å². The van der Waals surface area contributed by atoms with Crippen LogP contribution in [0.4, 0.5) is 10.6 Å². The lowest BCUT2D eigenvalue weighted by atomic mass is 9.98. The van der Waals surface area contributed by atoms with Crippen molar-refractivity contribution in [2.24, 2.45) is 11.7 Å². The molecule has 1 aromatic heterocycles. The van der Waals surface area contributed by atoms with Gasteiger partial charge in [-0.25, -0.2) is 14.8 Å². The van der Waals surface area contributed by atoms with Crippen LogP contribution in [0.1, 0.15) is 18.4 Å². The number of primary amides is 1. The van der Waals surface area contributed by atoms with Crippen LogP contribution in [0.15, 0.2) is 36.7 Å². The Labute approximate surface area is 152 Å². The molecule has 0 atom stereocenters. The van der Waals surface area contributed by atoms with Crippen LogP contribution in [-0.2, 0) is 6.54 Å². The summed E-state index contributed by atoms with van der Waals surface area (Å²) in [4.78, 5) is 21.6. The van der Waals surface area contributed by atoms with E-state index in [4.69, 9.17) is 10.5 Å². The Morgan fingerprint density at radius 2 is 2.08 bits per heavy atom. The number of carbonyl (C=O) groups excluding carboxylic acids is 1. The van der Waals surface area contributed by atoms with Crippen molar-refractivity contribution < 1.29 is 14.6 Å². The molecule has 138 valence electrons. The van der Waals surface area contributed by atoms with Crippen LogP contribution in [0, 0.1) is 5.92 Å². The molecule has 1 aromatic carbocycles. The highest BCUT2D eigenvalue weighted by molar-refractivity contribution is 5.71. The standard InChI is InChI=1S/C18H23N5O3/c19-18(25)20-10-14-3-1-2-4-15(14)26-17-9-16(21-12-22-17)23-7-5-13(11-24)6-8-23/h1-4,9,12-13,24H,5-8,10-11H2,(H3,19,20,25). The van der Waals surface area contributed by atoms with Gasteiger partial charge in [0.25, 0.3) is 0 Å². The molecule has 8 nitrogen and oxygen atoms in total.